The standard InChI is InChI=1S/C18H17BrO4/c1-18(2)10-22-17(21)15(18)23-16(20)14(19)13-9-5-7-11-6-3-4-8-12(11)13/h3-9,14-15H,10H2,1-2H3/t14?,15-/m0/s1. The summed E-state index contributed by atoms with van der Waals surface area (Å²) in [4.78, 5) is 23.6. The summed E-state index contributed by atoms with van der Waals surface area (Å²) >= 11 is 3.41. The number of hydrogen-bond donors (Lipinski definition) is 0. The number of alkyl halides is 1. The third-order valence-corrected chi connectivity index (χ3v) is 4.91. The van der Waals surface area contributed by atoms with Gasteiger partial charge in [-0.3, -0.25) is 4.79 Å². The molecule has 2 aromatic rings. The number of ether oxygens (including phenoxy) is 2. The molecule has 2 atom stereocenters. The smallest absolute Gasteiger partial charge is 0.348 e. The molecule has 0 aromatic heterocycles. The van der Waals surface area contributed by atoms with E-state index >= 15 is 0 Å². The first-order valence-corrected chi connectivity index (χ1v) is 8.30. The predicted octanol–water partition coefficient (Wildman–Crippen LogP) is 3.77. The van der Waals surface area contributed by atoms with Crippen LogP contribution < -0.4 is 0 Å². The third kappa shape index (κ3) is 2.98. The van der Waals surface area contributed by atoms with Crippen molar-refractivity contribution in [2.45, 2.75) is 24.8 Å². The highest BCUT2D eigenvalue weighted by atomic mass is 79.9. The van der Waals surface area contributed by atoms with Gasteiger partial charge in [-0.05, 0) is 16.3 Å². The molecule has 1 heterocycles. The van der Waals surface area contributed by atoms with E-state index in [-0.39, 0.29) is 6.61 Å². The van der Waals surface area contributed by atoms with Gasteiger partial charge < -0.3 is 9.47 Å². The SMILES string of the molecule is CC1(C)COC(=O)[C@@H]1OC(=O)C(Br)c1cccc2ccccc12. The van der Waals surface area contributed by atoms with E-state index < -0.39 is 28.3 Å². The van der Waals surface area contributed by atoms with Crippen molar-refractivity contribution in [3.63, 3.8) is 0 Å². The molecule has 1 aliphatic heterocycles. The average Bonchev–Trinajstić information content (AvgIpc) is 2.80. The maximum absolute atomic E-state index is 12.5. The maximum Gasteiger partial charge on any atom is 0.348 e. The van der Waals surface area contributed by atoms with Crippen LogP contribution in [0.1, 0.15) is 24.2 Å². The minimum absolute atomic E-state index is 0.255. The number of rotatable bonds is 3. The lowest BCUT2D eigenvalue weighted by atomic mass is 9.90. The lowest BCUT2D eigenvalue weighted by Gasteiger charge is -2.23. The van der Waals surface area contributed by atoms with Gasteiger partial charge in [0.05, 0.1) is 0 Å². The Hall–Kier alpha value is -1.88. The molecule has 0 bridgehead atoms. The fraction of sp³-hybridized carbons (Fsp3) is 0.333. The zero-order valence-electron chi connectivity index (χ0n) is 12.9. The topological polar surface area (TPSA) is 52.6 Å². The summed E-state index contributed by atoms with van der Waals surface area (Å²) in [5, 5.41) is 2.02. The molecule has 3 rings (SSSR count). The number of fused-ring (bicyclic) bond motifs is 1. The van der Waals surface area contributed by atoms with E-state index in [9.17, 15) is 9.59 Å². The van der Waals surface area contributed by atoms with Crippen molar-refractivity contribution < 1.29 is 19.1 Å². The molecule has 0 amide bonds. The molecule has 1 saturated heterocycles. The van der Waals surface area contributed by atoms with Crippen molar-refractivity contribution in [1.29, 1.82) is 0 Å². The van der Waals surface area contributed by atoms with Crippen LogP contribution in [-0.2, 0) is 19.1 Å². The van der Waals surface area contributed by atoms with Crippen molar-refractivity contribution in [1.82, 2.24) is 0 Å². The van der Waals surface area contributed by atoms with Gasteiger partial charge in [0.1, 0.15) is 11.4 Å². The normalized spacial score (nSPS) is 21.0. The van der Waals surface area contributed by atoms with Crippen molar-refractivity contribution in [2.24, 2.45) is 5.41 Å². The summed E-state index contributed by atoms with van der Waals surface area (Å²) in [5.41, 5.74) is 0.301. The highest BCUT2D eigenvalue weighted by Gasteiger charge is 2.47. The van der Waals surface area contributed by atoms with Crippen molar-refractivity contribution in [3.05, 3.63) is 48.0 Å². The van der Waals surface area contributed by atoms with Gasteiger partial charge in [0, 0.05) is 5.41 Å². The summed E-state index contributed by atoms with van der Waals surface area (Å²) in [6, 6.07) is 13.6. The van der Waals surface area contributed by atoms with Crippen LogP contribution in [0, 0.1) is 5.41 Å². The molecule has 5 heteroatoms. The van der Waals surface area contributed by atoms with Gasteiger partial charge in [-0.25, -0.2) is 4.79 Å². The van der Waals surface area contributed by atoms with E-state index in [1.165, 1.54) is 0 Å². The molecule has 23 heavy (non-hydrogen) atoms. The first-order chi connectivity index (χ1) is 10.9. The summed E-state index contributed by atoms with van der Waals surface area (Å²) < 4.78 is 10.4. The number of benzene rings is 2. The molecular weight excluding hydrogens is 360 g/mol. The molecule has 0 spiro atoms. The van der Waals surface area contributed by atoms with E-state index in [0.29, 0.717) is 0 Å². The van der Waals surface area contributed by atoms with E-state index in [0.717, 1.165) is 16.3 Å². The number of carbonyl (C=O) groups is 2. The van der Waals surface area contributed by atoms with Crippen molar-refractivity contribution >= 4 is 38.6 Å². The quantitative estimate of drug-likeness (QED) is 0.604. The van der Waals surface area contributed by atoms with Crippen LogP contribution in [0.5, 0.6) is 0 Å². The zero-order chi connectivity index (χ0) is 16.6. The molecular formula is C18H17BrO4. The average molecular weight is 377 g/mol. The van der Waals surface area contributed by atoms with E-state index in [2.05, 4.69) is 15.9 Å². The number of halogens is 1. The van der Waals surface area contributed by atoms with Gasteiger partial charge in [0.2, 0.25) is 6.10 Å². The second-order valence-corrected chi connectivity index (χ2v) is 7.26. The van der Waals surface area contributed by atoms with Crippen LogP contribution in [0.3, 0.4) is 0 Å². The highest BCUT2D eigenvalue weighted by molar-refractivity contribution is 9.09. The molecule has 0 N–H and O–H groups in total. The van der Waals surface area contributed by atoms with Crippen LogP contribution in [0.25, 0.3) is 10.8 Å². The van der Waals surface area contributed by atoms with Gasteiger partial charge in [0.15, 0.2) is 0 Å². The van der Waals surface area contributed by atoms with Gasteiger partial charge in [0.25, 0.3) is 0 Å². The molecule has 4 nitrogen and oxygen atoms in total. The summed E-state index contributed by atoms with van der Waals surface area (Å²) in [6.07, 6.45) is -0.870. The van der Waals surface area contributed by atoms with Gasteiger partial charge in [-0.1, -0.05) is 72.2 Å². The second kappa shape index (κ2) is 5.96. The number of cyclic esters (lactones) is 1. The van der Waals surface area contributed by atoms with Gasteiger partial charge >= 0.3 is 11.9 Å². The van der Waals surface area contributed by atoms with Crippen LogP contribution in [0.15, 0.2) is 42.5 Å². The molecule has 0 radical (unpaired) electrons. The fourth-order valence-corrected chi connectivity index (χ4v) is 3.22. The number of carbonyl (C=O) groups excluding carboxylic acids is 2. The molecule has 0 saturated carbocycles. The first kappa shape index (κ1) is 16.0. The zero-order valence-corrected chi connectivity index (χ0v) is 14.5. The Morgan fingerprint density at radius 3 is 2.65 bits per heavy atom. The largest absolute Gasteiger partial charge is 0.462 e. The van der Waals surface area contributed by atoms with E-state index in [4.69, 9.17) is 9.47 Å². The molecule has 1 unspecified atom stereocenters. The molecule has 2 aromatic carbocycles. The minimum Gasteiger partial charge on any atom is -0.462 e. The number of hydrogen-bond acceptors (Lipinski definition) is 4. The lowest BCUT2D eigenvalue weighted by molar-refractivity contribution is -0.162. The Morgan fingerprint density at radius 1 is 1.26 bits per heavy atom. The summed E-state index contributed by atoms with van der Waals surface area (Å²) in [5.74, 6) is -0.973. The Bertz CT molecular complexity index is 763. The van der Waals surface area contributed by atoms with Crippen LogP contribution in [-0.4, -0.2) is 24.6 Å². The lowest BCUT2D eigenvalue weighted by Crippen LogP contribution is -2.35. The molecule has 120 valence electrons. The van der Waals surface area contributed by atoms with Gasteiger partial charge in [-0.2, -0.15) is 0 Å². The highest BCUT2D eigenvalue weighted by Crippen LogP contribution is 2.35. The van der Waals surface area contributed by atoms with E-state index in [1.807, 2.05) is 56.3 Å². The predicted molar refractivity (Wildman–Crippen MR) is 90.2 cm³/mol. The Balaban J connectivity index is 1.86. The molecule has 1 aliphatic rings. The van der Waals surface area contributed by atoms with Crippen LogP contribution in [0.2, 0.25) is 0 Å². The van der Waals surface area contributed by atoms with Crippen molar-refractivity contribution in [3.8, 4) is 0 Å². The fourth-order valence-electron chi connectivity index (χ4n) is 2.71. The monoisotopic (exact) mass is 376 g/mol. The Morgan fingerprint density at radius 2 is 1.96 bits per heavy atom. The summed E-state index contributed by atoms with van der Waals surface area (Å²) in [6.45, 7) is 3.94. The van der Waals surface area contributed by atoms with Crippen LogP contribution >= 0.6 is 15.9 Å². The van der Waals surface area contributed by atoms with Crippen LogP contribution in [0.4, 0.5) is 0 Å². The maximum atomic E-state index is 12.5. The molecule has 0 aliphatic carbocycles. The Kier molecular flexibility index (Phi) is 4.15. The van der Waals surface area contributed by atoms with E-state index in [1.54, 1.807) is 0 Å². The summed E-state index contributed by atoms with van der Waals surface area (Å²) in [7, 11) is 0. The first-order valence-electron chi connectivity index (χ1n) is 7.39. The Labute approximate surface area is 142 Å². The van der Waals surface area contributed by atoms with Crippen molar-refractivity contribution in [2.75, 3.05) is 6.61 Å². The molecule has 1 fully saturated rings. The number of esters is 2. The van der Waals surface area contributed by atoms with Gasteiger partial charge in [-0.15, -0.1) is 0 Å². The minimum atomic E-state index is -0.870. The third-order valence-electron chi connectivity index (χ3n) is 4.05. The second-order valence-electron chi connectivity index (χ2n) is 6.34.